The van der Waals surface area contributed by atoms with Crippen LogP contribution in [0.15, 0.2) is 30.3 Å². The molecule has 0 aromatic heterocycles. The van der Waals surface area contributed by atoms with Crippen molar-refractivity contribution >= 4 is 17.6 Å². The quantitative estimate of drug-likeness (QED) is 0.744. The maximum atomic E-state index is 12.7. The Morgan fingerprint density at radius 3 is 2.85 bits per heavy atom. The summed E-state index contributed by atoms with van der Waals surface area (Å²) in [6.45, 7) is 3.32. The van der Waals surface area contributed by atoms with Gasteiger partial charge in [-0.25, -0.2) is 4.79 Å². The number of hydrogen-bond donors (Lipinski definition) is 3. The number of amides is 3. The average molecular weight is 360 g/mol. The molecule has 1 aromatic carbocycles. The normalized spacial score (nSPS) is 23.3. The Morgan fingerprint density at radius 1 is 1.23 bits per heavy atom. The molecule has 2 saturated heterocycles. The van der Waals surface area contributed by atoms with Crippen molar-refractivity contribution in [3.8, 4) is 0 Å². The molecule has 3 amide bonds. The average Bonchev–Trinajstić information content (AvgIpc) is 2.68. The number of piperidine rings is 1. The third-order valence-electron chi connectivity index (χ3n) is 4.90. The number of carbonyl (C=O) groups is 2. The van der Waals surface area contributed by atoms with E-state index >= 15 is 0 Å². The minimum absolute atomic E-state index is 0.0577. The number of morpholine rings is 1. The number of urea groups is 1. The summed E-state index contributed by atoms with van der Waals surface area (Å²) in [5.41, 5.74) is 0.755. The summed E-state index contributed by atoms with van der Waals surface area (Å²) in [4.78, 5) is 26.7. The SMILES string of the molecule is O=C(NCC1CCCCN1C(=O)CC1COCCN1)Nc1ccccc1. The van der Waals surface area contributed by atoms with Crippen LogP contribution in [0.4, 0.5) is 10.5 Å². The molecule has 142 valence electrons. The van der Waals surface area contributed by atoms with Crippen molar-refractivity contribution in [1.29, 1.82) is 0 Å². The second-order valence-corrected chi connectivity index (χ2v) is 6.87. The fraction of sp³-hybridized carbons (Fsp3) is 0.579. The van der Waals surface area contributed by atoms with Crippen molar-refractivity contribution in [3.63, 3.8) is 0 Å². The van der Waals surface area contributed by atoms with Gasteiger partial charge in [-0.15, -0.1) is 0 Å². The van der Waals surface area contributed by atoms with E-state index in [9.17, 15) is 9.59 Å². The van der Waals surface area contributed by atoms with Gasteiger partial charge in [0.05, 0.1) is 13.2 Å². The van der Waals surface area contributed by atoms with Crippen LogP contribution in [0.25, 0.3) is 0 Å². The molecule has 0 spiro atoms. The number of nitrogens with one attached hydrogen (secondary N) is 3. The van der Waals surface area contributed by atoms with Crippen molar-refractivity contribution < 1.29 is 14.3 Å². The van der Waals surface area contributed by atoms with Gasteiger partial charge in [-0.3, -0.25) is 4.79 Å². The minimum atomic E-state index is -0.239. The van der Waals surface area contributed by atoms with Gasteiger partial charge in [0, 0.05) is 43.8 Å². The van der Waals surface area contributed by atoms with Crippen molar-refractivity contribution in [1.82, 2.24) is 15.5 Å². The number of rotatable bonds is 5. The van der Waals surface area contributed by atoms with Crippen molar-refractivity contribution in [2.24, 2.45) is 0 Å². The summed E-state index contributed by atoms with van der Waals surface area (Å²) < 4.78 is 5.43. The number of likely N-dealkylation sites (tertiary alicyclic amines) is 1. The van der Waals surface area contributed by atoms with E-state index in [1.165, 1.54) is 0 Å². The van der Waals surface area contributed by atoms with Gasteiger partial charge >= 0.3 is 6.03 Å². The molecule has 0 bridgehead atoms. The summed E-state index contributed by atoms with van der Waals surface area (Å²) in [7, 11) is 0. The van der Waals surface area contributed by atoms with Crippen LogP contribution in [-0.2, 0) is 9.53 Å². The zero-order valence-electron chi connectivity index (χ0n) is 15.1. The molecule has 7 nitrogen and oxygen atoms in total. The highest BCUT2D eigenvalue weighted by atomic mass is 16.5. The third kappa shape index (κ3) is 5.44. The molecule has 26 heavy (non-hydrogen) atoms. The zero-order chi connectivity index (χ0) is 18.2. The van der Waals surface area contributed by atoms with Gasteiger partial charge in [0.2, 0.25) is 5.91 Å². The molecule has 0 saturated carbocycles. The minimum Gasteiger partial charge on any atom is -0.378 e. The first-order chi connectivity index (χ1) is 12.7. The Morgan fingerprint density at radius 2 is 2.08 bits per heavy atom. The second kappa shape index (κ2) is 9.54. The van der Waals surface area contributed by atoms with Gasteiger partial charge in [0.15, 0.2) is 0 Å². The fourth-order valence-corrected chi connectivity index (χ4v) is 3.53. The van der Waals surface area contributed by atoms with Crippen molar-refractivity contribution in [2.75, 3.05) is 38.2 Å². The van der Waals surface area contributed by atoms with Gasteiger partial charge in [0.1, 0.15) is 0 Å². The summed E-state index contributed by atoms with van der Waals surface area (Å²) in [6, 6.07) is 9.25. The smallest absolute Gasteiger partial charge is 0.319 e. The van der Waals surface area contributed by atoms with E-state index in [0.717, 1.165) is 38.0 Å². The van der Waals surface area contributed by atoms with Gasteiger partial charge in [0.25, 0.3) is 0 Å². The highest BCUT2D eigenvalue weighted by Gasteiger charge is 2.29. The Balaban J connectivity index is 1.48. The Bertz CT molecular complexity index is 590. The van der Waals surface area contributed by atoms with E-state index in [0.29, 0.717) is 26.2 Å². The van der Waals surface area contributed by atoms with Crippen LogP contribution in [0, 0.1) is 0 Å². The lowest BCUT2D eigenvalue weighted by molar-refractivity contribution is -0.136. The molecule has 0 aliphatic carbocycles. The van der Waals surface area contributed by atoms with Crippen LogP contribution in [0.3, 0.4) is 0 Å². The van der Waals surface area contributed by atoms with E-state index in [1.807, 2.05) is 35.2 Å². The van der Waals surface area contributed by atoms with Gasteiger partial charge in [-0.05, 0) is 31.4 Å². The Kier molecular flexibility index (Phi) is 6.85. The number of anilines is 1. The molecule has 2 aliphatic heterocycles. The highest BCUT2D eigenvalue weighted by molar-refractivity contribution is 5.89. The lowest BCUT2D eigenvalue weighted by Crippen LogP contribution is -2.52. The van der Waals surface area contributed by atoms with E-state index in [2.05, 4.69) is 16.0 Å². The molecule has 2 aliphatic rings. The maximum absolute atomic E-state index is 12.7. The molecule has 0 radical (unpaired) electrons. The van der Waals surface area contributed by atoms with Gasteiger partial charge in [-0.1, -0.05) is 18.2 Å². The number of nitrogens with zero attached hydrogens (tertiary/aromatic N) is 1. The molecule has 2 fully saturated rings. The first-order valence-electron chi connectivity index (χ1n) is 9.43. The molecule has 2 atom stereocenters. The number of benzene rings is 1. The lowest BCUT2D eigenvalue weighted by atomic mass is 10.0. The predicted octanol–water partition coefficient (Wildman–Crippen LogP) is 1.57. The Labute approximate surface area is 154 Å². The molecule has 2 heterocycles. The molecule has 2 unspecified atom stereocenters. The second-order valence-electron chi connectivity index (χ2n) is 6.87. The van der Waals surface area contributed by atoms with E-state index in [-0.39, 0.29) is 24.0 Å². The molecule has 3 rings (SSSR count). The highest BCUT2D eigenvalue weighted by Crippen LogP contribution is 2.18. The first-order valence-corrected chi connectivity index (χ1v) is 9.43. The number of hydrogen-bond acceptors (Lipinski definition) is 4. The summed E-state index contributed by atoms with van der Waals surface area (Å²) in [5, 5.41) is 9.05. The van der Waals surface area contributed by atoms with E-state index in [1.54, 1.807) is 0 Å². The van der Waals surface area contributed by atoms with Crippen LogP contribution < -0.4 is 16.0 Å². The van der Waals surface area contributed by atoms with Crippen molar-refractivity contribution in [3.05, 3.63) is 30.3 Å². The molecule has 7 heteroatoms. The van der Waals surface area contributed by atoms with Crippen LogP contribution in [0.5, 0.6) is 0 Å². The van der Waals surface area contributed by atoms with Gasteiger partial charge < -0.3 is 25.6 Å². The molecular formula is C19H28N4O3. The third-order valence-corrected chi connectivity index (χ3v) is 4.90. The molecular weight excluding hydrogens is 332 g/mol. The largest absolute Gasteiger partial charge is 0.378 e. The van der Waals surface area contributed by atoms with Crippen LogP contribution in [-0.4, -0.2) is 61.8 Å². The van der Waals surface area contributed by atoms with Crippen LogP contribution >= 0.6 is 0 Å². The summed E-state index contributed by atoms with van der Waals surface area (Å²) in [5.74, 6) is 0.142. The maximum Gasteiger partial charge on any atom is 0.319 e. The summed E-state index contributed by atoms with van der Waals surface area (Å²) in [6.07, 6.45) is 3.48. The first kappa shape index (κ1) is 18.7. The molecule has 1 aromatic rings. The Hall–Kier alpha value is -2.12. The number of para-hydroxylation sites is 1. The number of carbonyl (C=O) groups excluding carboxylic acids is 2. The predicted molar refractivity (Wildman–Crippen MR) is 100 cm³/mol. The van der Waals surface area contributed by atoms with E-state index in [4.69, 9.17) is 4.74 Å². The number of ether oxygens (including phenoxy) is 1. The monoisotopic (exact) mass is 360 g/mol. The standard InChI is InChI=1S/C19H28N4O3/c24-18(12-16-14-26-11-9-20-16)23-10-5-4-8-17(23)13-21-19(25)22-15-6-2-1-3-7-15/h1-3,6-7,16-17,20H,4-5,8-14H2,(H2,21,22,25). The molecule has 3 N–H and O–H groups in total. The zero-order valence-corrected chi connectivity index (χ0v) is 15.1. The van der Waals surface area contributed by atoms with Crippen molar-refractivity contribution in [2.45, 2.75) is 37.8 Å². The topological polar surface area (TPSA) is 82.7 Å². The fourth-order valence-electron chi connectivity index (χ4n) is 3.53. The summed E-state index contributed by atoms with van der Waals surface area (Å²) >= 11 is 0. The lowest BCUT2D eigenvalue weighted by Gasteiger charge is -2.37. The van der Waals surface area contributed by atoms with Crippen LogP contribution in [0.1, 0.15) is 25.7 Å². The van der Waals surface area contributed by atoms with E-state index < -0.39 is 0 Å². The van der Waals surface area contributed by atoms with Gasteiger partial charge in [-0.2, -0.15) is 0 Å². The van der Waals surface area contributed by atoms with Crippen LogP contribution in [0.2, 0.25) is 0 Å².